The van der Waals surface area contributed by atoms with E-state index in [9.17, 15) is 2.74 Å². The minimum atomic E-state index is -0.566. The van der Waals surface area contributed by atoms with E-state index in [1.54, 1.807) is 18.2 Å². The number of furan rings is 2. The van der Waals surface area contributed by atoms with Crippen LogP contribution < -0.4 is 0 Å². The van der Waals surface area contributed by atoms with Crippen molar-refractivity contribution in [1.82, 2.24) is 19.5 Å². The van der Waals surface area contributed by atoms with E-state index in [1.165, 1.54) is 4.57 Å². The fourth-order valence-electron chi connectivity index (χ4n) is 5.98. The molecule has 6 aromatic carbocycles. The van der Waals surface area contributed by atoms with Gasteiger partial charge in [0.1, 0.15) is 22.3 Å². The zero-order valence-electron chi connectivity index (χ0n) is 33.0. The van der Waals surface area contributed by atoms with Gasteiger partial charge in [0.05, 0.1) is 30.1 Å². The highest BCUT2D eigenvalue weighted by atomic mass is 16.3. The van der Waals surface area contributed by atoms with Gasteiger partial charge in [-0.15, -0.1) is 0 Å². The lowest BCUT2D eigenvalue weighted by Crippen LogP contribution is -2.06. The van der Waals surface area contributed by atoms with Crippen LogP contribution in [0, 0.1) is 0 Å². The Morgan fingerprint density at radius 1 is 0.511 bits per heavy atom. The highest BCUT2D eigenvalue weighted by molar-refractivity contribution is 6.24. The summed E-state index contributed by atoms with van der Waals surface area (Å²) in [5.41, 5.74) is 1.95. The average Bonchev–Trinajstić information content (AvgIpc) is 3.90. The smallest absolute Gasteiger partial charge is 0.238 e. The lowest BCUT2D eigenvalue weighted by Gasteiger charge is -2.11. The van der Waals surface area contributed by atoms with Gasteiger partial charge in [-0.1, -0.05) is 84.8 Å². The van der Waals surface area contributed by atoms with Gasteiger partial charge in [0.15, 0.2) is 11.6 Å². The second-order valence-corrected chi connectivity index (χ2v) is 10.5. The molecule has 0 saturated heterocycles. The van der Waals surface area contributed by atoms with Gasteiger partial charge < -0.3 is 8.83 Å². The van der Waals surface area contributed by atoms with Gasteiger partial charge in [0, 0.05) is 38.1 Å². The molecule has 0 saturated carbocycles. The van der Waals surface area contributed by atoms with Gasteiger partial charge in [0.25, 0.3) is 0 Å². The molecule has 0 aliphatic rings. The molecule has 0 radical (unpaired) electrons. The lowest BCUT2D eigenvalue weighted by molar-refractivity contribution is 0.668. The third-order valence-electron chi connectivity index (χ3n) is 7.96. The summed E-state index contributed by atoms with van der Waals surface area (Å²) in [5.74, 6) is 0.303. The van der Waals surface area contributed by atoms with E-state index in [-0.39, 0.29) is 61.3 Å². The van der Waals surface area contributed by atoms with Crippen molar-refractivity contribution in [2.75, 3.05) is 0 Å². The first kappa shape index (κ1) is 16.5. The Bertz CT molecular complexity index is 3340. The molecule has 10 aromatic rings. The molecule has 0 aliphatic heterocycles. The molecule has 0 unspecified atom stereocenters. The predicted octanol–water partition coefficient (Wildman–Crippen LogP) is 10.1. The van der Waals surface area contributed by atoms with E-state index in [0.29, 0.717) is 22.3 Å². The largest absolute Gasteiger partial charge is 0.456 e. The lowest BCUT2D eigenvalue weighted by atomic mass is 10.1. The number of fused-ring (bicyclic) bond motifs is 10. The van der Waals surface area contributed by atoms with Crippen molar-refractivity contribution in [3.05, 3.63) is 133 Å². The predicted molar refractivity (Wildman–Crippen MR) is 180 cm³/mol. The number of hydrogen-bond acceptors (Lipinski definition) is 5. The Kier molecular flexibility index (Phi) is 3.35. The third kappa shape index (κ3) is 3.53. The molecule has 4 aromatic heterocycles. The van der Waals surface area contributed by atoms with Crippen LogP contribution in [-0.4, -0.2) is 19.5 Å². The van der Waals surface area contributed by atoms with E-state index in [4.69, 9.17) is 34.8 Å². The molecule has 0 amide bonds. The van der Waals surface area contributed by atoms with Crippen molar-refractivity contribution < 1.29 is 22.5 Å². The minimum absolute atomic E-state index is 0.000529. The second kappa shape index (κ2) is 9.11. The Morgan fingerprint density at radius 2 is 1.24 bits per heavy atom. The zero-order valence-corrected chi connectivity index (χ0v) is 23.0. The molecule has 0 fully saturated rings. The quantitative estimate of drug-likeness (QED) is 0.205. The molecule has 0 N–H and O–H groups in total. The van der Waals surface area contributed by atoms with Crippen LogP contribution in [0.4, 0.5) is 0 Å². The molecule has 0 spiro atoms. The molecular weight excluding hydrogens is 556 g/mol. The highest BCUT2D eigenvalue weighted by Gasteiger charge is 2.22. The van der Waals surface area contributed by atoms with Gasteiger partial charge in [-0.3, -0.25) is 4.57 Å². The summed E-state index contributed by atoms with van der Waals surface area (Å²) >= 11 is 0. The summed E-state index contributed by atoms with van der Waals surface area (Å²) in [4.78, 5) is 14.7. The molecule has 0 bridgehead atoms. The maximum absolute atomic E-state index is 9.22. The molecule has 4 heterocycles. The fourth-order valence-corrected chi connectivity index (χ4v) is 5.98. The standard InChI is InChI=1S/C39H22N4O2/c1-2-10-23(11-3-1)37-40-38(24-18-20-33-29(22-24)26-13-5-8-16-31(26)44-33)42-39(41-37)43-30-15-7-4-12-25(30)27-19-21-34-35(36(27)43)28-14-6-9-17-32(28)45-34/h1-22H/i4D,6D,7D,9D,12D,14D,15D,17D,19D,21D. The number of para-hydroxylation sites is 3. The number of hydrogen-bond donors (Lipinski definition) is 0. The number of benzene rings is 6. The molecule has 45 heavy (non-hydrogen) atoms. The van der Waals surface area contributed by atoms with E-state index < -0.39 is 60.4 Å². The summed E-state index contributed by atoms with van der Waals surface area (Å²) in [5, 5.41) is 1.44. The van der Waals surface area contributed by atoms with Crippen LogP contribution >= 0.6 is 0 Å². The van der Waals surface area contributed by atoms with E-state index in [0.717, 1.165) is 10.8 Å². The van der Waals surface area contributed by atoms with Crippen LogP contribution in [0.15, 0.2) is 142 Å². The summed E-state index contributed by atoms with van der Waals surface area (Å²) in [7, 11) is 0. The van der Waals surface area contributed by atoms with Gasteiger partial charge >= 0.3 is 0 Å². The van der Waals surface area contributed by atoms with Gasteiger partial charge in [-0.05, 0) is 48.4 Å². The van der Waals surface area contributed by atoms with Crippen molar-refractivity contribution in [3.8, 4) is 28.7 Å². The molecule has 6 nitrogen and oxygen atoms in total. The van der Waals surface area contributed by atoms with Crippen LogP contribution in [0.3, 0.4) is 0 Å². The normalized spacial score (nSPS) is 15.1. The summed E-state index contributed by atoms with van der Waals surface area (Å²) in [6.45, 7) is 0. The second-order valence-electron chi connectivity index (χ2n) is 10.5. The van der Waals surface area contributed by atoms with Crippen molar-refractivity contribution >= 4 is 65.7 Å². The highest BCUT2D eigenvalue weighted by Crippen LogP contribution is 2.41. The van der Waals surface area contributed by atoms with Crippen LogP contribution in [0.5, 0.6) is 0 Å². The fraction of sp³-hybridized carbons (Fsp3) is 0. The van der Waals surface area contributed by atoms with Crippen molar-refractivity contribution in [2.24, 2.45) is 0 Å². The van der Waals surface area contributed by atoms with Gasteiger partial charge in [0.2, 0.25) is 5.95 Å². The van der Waals surface area contributed by atoms with Crippen molar-refractivity contribution in [1.29, 1.82) is 0 Å². The van der Waals surface area contributed by atoms with Gasteiger partial charge in [-0.2, -0.15) is 9.97 Å². The van der Waals surface area contributed by atoms with Crippen LogP contribution in [0.2, 0.25) is 0 Å². The topological polar surface area (TPSA) is 69.9 Å². The first-order valence-electron chi connectivity index (χ1n) is 19.1. The Labute approximate surface area is 269 Å². The Morgan fingerprint density at radius 3 is 2.16 bits per heavy atom. The van der Waals surface area contributed by atoms with Crippen LogP contribution in [0.25, 0.3) is 94.4 Å². The zero-order chi connectivity index (χ0) is 38.2. The van der Waals surface area contributed by atoms with Crippen molar-refractivity contribution in [2.45, 2.75) is 0 Å². The molecule has 10 rings (SSSR count). The summed E-state index contributed by atoms with van der Waals surface area (Å²) < 4.78 is 102. The summed E-state index contributed by atoms with van der Waals surface area (Å²) in [6.07, 6.45) is 0. The SMILES string of the molecule is [2H]c1c([2H])c([2H])c2c(oc3c([2H])c([2H])c4c5c([2H])c([2H])c([2H])c([2H])c5n(-c5nc(-c6ccccc6)nc(-c6ccc7oc8ccccc8c7c6)n5)c4c32)c1[2H]. The van der Waals surface area contributed by atoms with E-state index in [2.05, 4.69) is 0 Å². The van der Waals surface area contributed by atoms with Crippen molar-refractivity contribution in [3.63, 3.8) is 0 Å². The maximum Gasteiger partial charge on any atom is 0.238 e. The van der Waals surface area contributed by atoms with E-state index in [1.807, 2.05) is 54.6 Å². The maximum atomic E-state index is 9.22. The Balaban J connectivity index is 1.43. The molecule has 0 atom stereocenters. The summed E-state index contributed by atoms with van der Waals surface area (Å²) in [6, 6.07) is 17.1. The van der Waals surface area contributed by atoms with E-state index >= 15 is 0 Å². The van der Waals surface area contributed by atoms with Crippen LogP contribution in [0.1, 0.15) is 13.7 Å². The number of aromatic nitrogens is 4. The Hall–Kier alpha value is -6.27. The third-order valence-corrected chi connectivity index (χ3v) is 7.96. The first-order valence-corrected chi connectivity index (χ1v) is 14.1. The molecule has 0 aliphatic carbocycles. The van der Waals surface area contributed by atoms with Gasteiger partial charge in [-0.25, -0.2) is 4.98 Å². The molecule has 210 valence electrons. The molecule has 6 heteroatoms. The number of rotatable bonds is 3. The van der Waals surface area contributed by atoms with Crippen LogP contribution in [-0.2, 0) is 0 Å². The first-order chi connectivity index (χ1) is 26.5. The molecular formula is C39H22N4O2. The average molecular weight is 589 g/mol. The monoisotopic (exact) mass is 588 g/mol. The minimum Gasteiger partial charge on any atom is -0.456 e. The number of nitrogens with zero attached hydrogens (tertiary/aromatic N) is 4.